The van der Waals surface area contributed by atoms with Gasteiger partial charge < -0.3 is 10.4 Å². The predicted octanol–water partition coefficient (Wildman–Crippen LogP) is 2.49. The minimum absolute atomic E-state index is 0.136. The number of nitrogens with zero attached hydrogens (tertiary/aromatic N) is 1. The Bertz CT molecular complexity index is 426. The molecule has 1 aromatic rings. The van der Waals surface area contributed by atoms with E-state index in [9.17, 15) is 4.79 Å². The van der Waals surface area contributed by atoms with E-state index < -0.39 is 5.97 Å². The van der Waals surface area contributed by atoms with Crippen molar-refractivity contribution in [3.8, 4) is 6.07 Å². The smallest absolute Gasteiger partial charge is 0.303 e. The molecule has 0 unspecified atom stereocenters. The summed E-state index contributed by atoms with van der Waals surface area (Å²) < 4.78 is 0. The highest BCUT2D eigenvalue weighted by molar-refractivity contribution is 6.32. The summed E-state index contributed by atoms with van der Waals surface area (Å²) in [5.74, 6) is -0.806. The average molecular weight is 239 g/mol. The molecular weight excluding hydrogens is 228 g/mol. The zero-order chi connectivity index (χ0) is 12.0. The first kappa shape index (κ1) is 12.3. The molecule has 0 radical (unpaired) electrons. The van der Waals surface area contributed by atoms with Crippen molar-refractivity contribution in [3.63, 3.8) is 0 Å². The van der Waals surface area contributed by atoms with Crippen molar-refractivity contribution in [2.45, 2.75) is 12.8 Å². The Morgan fingerprint density at radius 3 is 2.88 bits per heavy atom. The Kier molecular flexibility index (Phi) is 4.62. The molecule has 16 heavy (non-hydrogen) atoms. The zero-order valence-electron chi connectivity index (χ0n) is 8.53. The second kappa shape index (κ2) is 5.99. The van der Waals surface area contributed by atoms with Gasteiger partial charge in [0.2, 0.25) is 0 Å². The van der Waals surface area contributed by atoms with Crippen LogP contribution in [0.1, 0.15) is 18.4 Å². The minimum atomic E-state index is -0.806. The van der Waals surface area contributed by atoms with E-state index in [1.165, 1.54) is 0 Å². The van der Waals surface area contributed by atoms with Crippen LogP contribution in [0.2, 0.25) is 5.02 Å². The SMILES string of the molecule is N#Cc1ccc(NCCCC(=O)O)cc1Cl. The van der Waals surface area contributed by atoms with Gasteiger partial charge in [0.05, 0.1) is 10.6 Å². The summed E-state index contributed by atoms with van der Waals surface area (Å²) >= 11 is 5.84. The van der Waals surface area contributed by atoms with Crippen molar-refractivity contribution in [1.82, 2.24) is 0 Å². The third kappa shape index (κ3) is 3.79. The van der Waals surface area contributed by atoms with Crippen LogP contribution in [0.4, 0.5) is 5.69 Å². The molecule has 0 fully saturated rings. The molecule has 84 valence electrons. The molecule has 0 saturated heterocycles. The average Bonchev–Trinajstić information content (AvgIpc) is 2.24. The monoisotopic (exact) mass is 238 g/mol. The second-order valence-electron chi connectivity index (χ2n) is 3.23. The maximum absolute atomic E-state index is 10.3. The highest BCUT2D eigenvalue weighted by Gasteiger charge is 2.01. The fourth-order valence-corrected chi connectivity index (χ4v) is 1.41. The first-order chi connectivity index (χ1) is 7.63. The molecule has 0 aliphatic carbocycles. The van der Waals surface area contributed by atoms with Crippen LogP contribution in [-0.2, 0) is 4.79 Å². The van der Waals surface area contributed by atoms with Gasteiger partial charge in [-0.2, -0.15) is 5.26 Å². The van der Waals surface area contributed by atoms with E-state index in [1.807, 2.05) is 6.07 Å². The van der Waals surface area contributed by atoms with Crippen molar-refractivity contribution in [2.24, 2.45) is 0 Å². The molecule has 4 nitrogen and oxygen atoms in total. The number of carboxylic acid groups (broad SMARTS) is 1. The summed E-state index contributed by atoms with van der Waals surface area (Å²) in [6.07, 6.45) is 0.684. The molecule has 0 heterocycles. The molecule has 1 rings (SSSR count). The molecule has 0 saturated carbocycles. The summed E-state index contributed by atoms with van der Waals surface area (Å²) in [5, 5.41) is 20.5. The fraction of sp³-hybridized carbons (Fsp3) is 0.273. The lowest BCUT2D eigenvalue weighted by molar-refractivity contribution is -0.137. The van der Waals surface area contributed by atoms with Crippen LogP contribution in [0.3, 0.4) is 0 Å². The normalized spacial score (nSPS) is 9.50. The Balaban J connectivity index is 2.47. The number of anilines is 1. The zero-order valence-corrected chi connectivity index (χ0v) is 9.29. The van der Waals surface area contributed by atoms with E-state index in [2.05, 4.69) is 5.32 Å². The van der Waals surface area contributed by atoms with Crippen LogP contribution in [0.5, 0.6) is 0 Å². The van der Waals surface area contributed by atoms with E-state index in [1.54, 1.807) is 18.2 Å². The van der Waals surface area contributed by atoms with Crippen LogP contribution in [-0.4, -0.2) is 17.6 Å². The molecule has 0 amide bonds. The number of rotatable bonds is 5. The first-order valence-electron chi connectivity index (χ1n) is 4.79. The summed E-state index contributed by atoms with van der Waals surface area (Å²) in [6, 6.07) is 6.99. The van der Waals surface area contributed by atoms with Gasteiger partial charge in [0.25, 0.3) is 0 Å². The Morgan fingerprint density at radius 1 is 1.56 bits per heavy atom. The van der Waals surface area contributed by atoms with Crippen molar-refractivity contribution in [1.29, 1.82) is 5.26 Å². The van der Waals surface area contributed by atoms with E-state index in [-0.39, 0.29) is 6.42 Å². The van der Waals surface area contributed by atoms with Gasteiger partial charge in [-0.1, -0.05) is 11.6 Å². The minimum Gasteiger partial charge on any atom is -0.481 e. The Morgan fingerprint density at radius 2 is 2.31 bits per heavy atom. The number of aliphatic carboxylic acids is 1. The summed E-state index contributed by atoms with van der Waals surface area (Å²) in [7, 11) is 0. The lowest BCUT2D eigenvalue weighted by atomic mass is 10.2. The summed E-state index contributed by atoms with van der Waals surface area (Å²) in [5.41, 5.74) is 1.21. The number of hydrogen-bond acceptors (Lipinski definition) is 3. The third-order valence-electron chi connectivity index (χ3n) is 1.99. The first-order valence-corrected chi connectivity index (χ1v) is 5.16. The standard InChI is InChI=1S/C11H11ClN2O2/c12-10-6-9(4-3-8(10)7-13)14-5-1-2-11(15)16/h3-4,6,14H,1-2,5H2,(H,15,16). The third-order valence-corrected chi connectivity index (χ3v) is 2.30. The van der Waals surface area contributed by atoms with Gasteiger partial charge in [0.1, 0.15) is 6.07 Å². The van der Waals surface area contributed by atoms with E-state index in [4.69, 9.17) is 22.0 Å². The number of carbonyl (C=O) groups is 1. The van der Waals surface area contributed by atoms with Gasteiger partial charge in [-0.05, 0) is 24.6 Å². The van der Waals surface area contributed by atoms with E-state index >= 15 is 0 Å². The molecule has 0 aliphatic rings. The van der Waals surface area contributed by atoms with Crippen LogP contribution < -0.4 is 5.32 Å². The number of halogens is 1. The number of nitriles is 1. The number of hydrogen-bond donors (Lipinski definition) is 2. The van der Waals surface area contributed by atoms with Crippen LogP contribution in [0.15, 0.2) is 18.2 Å². The molecule has 2 N–H and O–H groups in total. The number of nitrogens with one attached hydrogen (secondary N) is 1. The van der Waals surface area contributed by atoms with Crippen LogP contribution in [0.25, 0.3) is 0 Å². The molecular formula is C11H11ClN2O2. The quantitative estimate of drug-likeness (QED) is 0.773. The maximum Gasteiger partial charge on any atom is 0.303 e. The largest absolute Gasteiger partial charge is 0.481 e. The van der Waals surface area contributed by atoms with Gasteiger partial charge >= 0.3 is 5.97 Å². The van der Waals surface area contributed by atoms with Crippen LogP contribution in [0, 0.1) is 11.3 Å². The molecule has 0 aliphatic heterocycles. The molecule has 0 spiro atoms. The lowest BCUT2D eigenvalue weighted by Crippen LogP contribution is -2.04. The topological polar surface area (TPSA) is 73.1 Å². The van der Waals surface area contributed by atoms with Gasteiger partial charge in [0, 0.05) is 18.7 Å². The van der Waals surface area contributed by atoms with E-state index in [0.717, 1.165) is 5.69 Å². The fourth-order valence-electron chi connectivity index (χ4n) is 1.19. The maximum atomic E-state index is 10.3. The van der Waals surface area contributed by atoms with Crippen LogP contribution >= 0.6 is 11.6 Å². The molecule has 5 heteroatoms. The van der Waals surface area contributed by atoms with Crippen molar-refractivity contribution in [2.75, 3.05) is 11.9 Å². The molecule has 0 aromatic heterocycles. The second-order valence-corrected chi connectivity index (χ2v) is 3.64. The lowest BCUT2D eigenvalue weighted by Gasteiger charge is -2.06. The summed E-state index contributed by atoms with van der Waals surface area (Å²) in [6.45, 7) is 0.564. The predicted molar refractivity (Wildman–Crippen MR) is 61.5 cm³/mol. The molecule has 0 bridgehead atoms. The van der Waals surface area contributed by atoms with Gasteiger partial charge in [-0.15, -0.1) is 0 Å². The van der Waals surface area contributed by atoms with Crippen molar-refractivity contribution in [3.05, 3.63) is 28.8 Å². The number of benzene rings is 1. The van der Waals surface area contributed by atoms with Gasteiger partial charge in [-0.3, -0.25) is 4.79 Å². The Labute approximate surface area is 98.5 Å². The highest BCUT2D eigenvalue weighted by atomic mass is 35.5. The van der Waals surface area contributed by atoms with E-state index in [0.29, 0.717) is 23.6 Å². The van der Waals surface area contributed by atoms with Gasteiger partial charge in [0.15, 0.2) is 0 Å². The number of carboxylic acids is 1. The van der Waals surface area contributed by atoms with Crippen molar-refractivity contribution >= 4 is 23.3 Å². The molecule has 1 aromatic carbocycles. The van der Waals surface area contributed by atoms with Crippen molar-refractivity contribution < 1.29 is 9.90 Å². The highest BCUT2D eigenvalue weighted by Crippen LogP contribution is 2.20. The Hall–Kier alpha value is -1.73. The van der Waals surface area contributed by atoms with Gasteiger partial charge in [-0.25, -0.2) is 0 Å². The molecule has 0 atom stereocenters. The summed E-state index contributed by atoms with van der Waals surface area (Å²) in [4.78, 5) is 10.3.